The van der Waals surface area contributed by atoms with Crippen LogP contribution in [0.1, 0.15) is 13.8 Å². The van der Waals surface area contributed by atoms with Gasteiger partial charge in [-0.2, -0.15) is 5.10 Å². The van der Waals surface area contributed by atoms with E-state index in [0.717, 1.165) is 24.6 Å². The summed E-state index contributed by atoms with van der Waals surface area (Å²) in [6.45, 7) is 11.7. The number of hydrazone groups is 1. The SMILES string of the molecule is C=C1C(N2CCOCC2)=N/C(C)=N\N(CCO)C(C)N1C. The molecule has 0 saturated carbocycles. The Bertz CT molecular complexity index is 443. The fourth-order valence-corrected chi connectivity index (χ4v) is 2.46. The van der Waals surface area contributed by atoms with Crippen molar-refractivity contribution < 1.29 is 9.84 Å². The molecule has 1 saturated heterocycles. The summed E-state index contributed by atoms with van der Waals surface area (Å²) in [7, 11) is 1.98. The van der Waals surface area contributed by atoms with Crippen LogP contribution in [0.5, 0.6) is 0 Å². The van der Waals surface area contributed by atoms with Crippen molar-refractivity contribution in [2.24, 2.45) is 10.1 Å². The van der Waals surface area contributed by atoms with Gasteiger partial charge in [-0.25, -0.2) is 4.99 Å². The van der Waals surface area contributed by atoms with Gasteiger partial charge in [0.2, 0.25) is 0 Å². The number of hydrogen-bond donors (Lipinski definition) is 1. The van der Waals surface area contributed by atoms with Crippen LogP contribution in [-0.4, -0.2) is 84.3 Å². The van der Waals surface area contributed by atoms with Crippen LogP contribution >= 0.6 is 0 Å². The van der Waals surface area contributed by atoms with Gasteiger partial charge in [-0.05, 0) is 13.8 Å². The molecule has 21 heavy (non-hydrogen) atoms. The number of hydrogen-bond acceptors (Lipinski definition) is 7. The molecule has 0 radical (unpaired) electrons. The molecule has 2 aliphatic rings. The molecular formula is C14H25N5O2. The number of ether oxygens (including phenoxy) is 1. The second-order valence-corrected chi connectivity index (χ2v) is 5.26. The number of likely N-dealkylation sites (N-methyl/N-ethyl adjacent to an activating group) is 1. The van der Waals surface area contributed by atoms with Crippen LogP contribution in [-0.2, 0) is 4.74 Å². The van der Waals surface area contributed by atoms with Crippen LogP contribution in [0.4, 0.5) is 0 Å². The maximum absolute atomic E-state index is 9.18. The third-order valence-corrected chi connectivity index (χ3v) is 3.86. The number of aliphatic imine (C=N–C) groups is 1. The molecule has 0 amide bonds. The number of morpholine rings is 1. The average Bonchev–Trinajstić information content (AvgIpc) is 2.50. The van der Waals surface area contributed by atoms with Crippen LogP contribution in [0.3, 0.4) is 0 Å². The molecule has 0 spiro atoms. The normalized spacial score (nSPS) is 27.0. The van der Waals surface area contributed by atoms with E-state index in [2.05, 4.69) is 21.6 Å². The van der Waals surface area contributed by atoms with Crippen molar-refractivity contribution in [3.63, 3.8) is 0 Å². The van der Waals surface area contributed by atoms with Gasteiger partial charge in [-0.15, -0.1) is 0 Å². The molecule has 0 bridgehead atoms. The van der Waals surface area contributed by atoms with Crippen LogP contribution in [0, 0.1) is 0 Å². The summed E-state index contributed by atoms with van der Waals surface area (Å²) in [5.41, 5.74) is 0.863. The molecule has 7 nitrogen and oxygen atoms in total. The first kappa shape index (κ1) is 15.8. The lowest BCUT2D eigenvalue weighted by molar-refractivity contribution is 0.0631. The van der Waals surface area contributed by atoms with Crippen molar-refractivity contribution >= 4 is 11.7 Å². The lowest BCUT2D eigenvalue weighted by Gasteiger charge is -2.40. The minimum atomic E-state index is 0.00569. The summed E-state index contributed by atoms with van der Waals surface area (Å²) in [6, 6.07) is 0. The summed E-state index contributed by atoms with van der Waals surface area (Å²) < 4.78 is 5.40. The summed E-state index contributed by atoms with van der Waals surface area (Å²) in [4.78, 5) is 8.86. The van der Waals surface area contributed by atoms with Crippen LogP contribution < -0.4 is 0 Å². The molecule has 1 atom stereocenters. The second-order valence-electron chi connectivity index (χ2n) is 5.26. The van der Waals surface area contributed by atoms with Crippen molar-refractivity contribution in [1.29, 1.82) is 0 Å². The van der Waals surface area contributed by atoms with Gasteiger partial charge >= 0.3 is 0 Å². The fraction of sp³-hybridized carbons (Fsp3) is 0.714. The first-order chi connectivity index (χ1) is 10.0. The highest BCUT2D eigenvalue weighted by Gasteiger charge is 2.26. The van der Waals surface area contributed by atoms with Crippen molar-refractivity contribution in [2.75, 3.05) is 46.5 Å². The monoisotopic (exact) mass is 295 g/mol. The number of amidine groups is 2. The molecule has 2 aliphatic heterocycles. The van der Waals surface area contributed by atoms with Gasteiger partial charge < -0.3 is 19.6 Å². The van der Waals surface area contributed by atoms with E-state index in [0.29, 0.717) is 25.6 Å². The van der Waals surface area contributed by atoms with Crippen LogP contribution in [0.15, 0.2) is 22.4 Å². The third-order valence-electron chi connectivity index (χ3n) is 3.86. The Morgan fingerprint density at radius 2 is 2.05 bits per heavy atom. The Balaban J connectivity index is 2.31. The molecule has 0 aromatic heterocycles. The predicted molar refractivity (Wildman–Crippen MR) is 83.1 cm³/mol. The molecule has 7 heteroatoms. The summed E-state index contributed by atoms with van der Waals surface area (Å²) >= 11 is 0. The smallest absolute Gasteiger partial charge is 0.154 e. The lowest BCUT2D eigenvalue weighted by atomic mass is 10.2. The molecule has 1 N–H and O–H groups in total. The molecule has 0 aromatic carbocycles. The molecule has 0 aliphatic carbocycles. The Morgan fingerprint density at radius 3 is 2.67 bits per heavy atom. The fourth-order valence-electron chi connectivity index (χ4n) is 2.46. The standard InChI is InChI=1S/C14H25N5O2/c1-11-14(18-6-9-21-10-7-18)15-12(2)16-19(5-8-20)13(3)17(11)4/h13,20H,1,5-10H2,2-4H3/b15-14?,16-12-. The minimum Gasteiger partial charge on any atom is -0.394 e. The minimum absolute atomic E-state index is 0.00569. The van der Waals surface area contributed by atoms with Gasteiger partial charge in [0, 0.05) is 20.1 Å². The van der Waals surface area contributed by atoms with Gasteiger partial charge in [-0.1, -0.05) is 6.58 Å². The van der Waals surface area contributed by atoms with Crippen molar-refractivity contribution in [1.82, 2.24) is 14.8 Å². The Hall–Kier alpha value is -1.60. The number of aliphatic hydroxyl groups is 1. The van der Waals surface area contributed by atoms with E-state index in [1.165, 1.54) is 0 Å². The van der Waals surface area contributed by atoms with Crippen molar-refractivity contribution in [2.45, 2.75) is 20.0 Å². The second kappa shape index (κ2) is 6.91. The number of rotatable bonds is 2. The average molecular weight is 295 g/mol. The van der Waals surface area contributed by atoms with Gasteiger partial charge in [-0.3, -0.25) is 5.01 Å². The largest absolute Gasteiger partial charge is 0.394 e. The van der Waals surface area contributed by atoms with E-state index in [-0.39, 0.29) is 12.8 Å². The van der Waals surface area contributed by atoms with E-state index in [4.69, 9.17) is 4.74 Å². The van der Waals surface area contributed by atoms with Gasteiger partial charge in [0.1, 0.15) is 12.0 Å². The van der Waals surface area contributed by atoms with E-state index < -0.39 is 0 Å². The highest BCUT2D eigenvalue weighted by Crippen LogP contribution is 2.17. The Kier molecular flexibility index (Phi) is 5.19. The molecule has 1 unspecified atom stereocenters. The first-order valence-corrected chi connectivity index (χ1v) is 7.30. The summed E-state index contributed by atoms with van der Waals surface area (Å²) in [5.74, 6) is 1.53. The highest BCUT2D eigenvalue weighted by molar-refractivity contribution is 6.04. The Labute approximate surface area is 126 Å². The van der Waals surface area contributed by atoms with Gasteiger partial charge in [0.05, 0.1) is 32.1 Å². The van der Waals surface area contributed by atoms with E-state index >= 15 is 0 Å². The summed E-state index contributed by atoms with van der Waals surface area (Å²) in [5, 5.41) is 15.5. The molecule has 118 valence electrons. The van der Waals surface area contributed by atoms with Crippen LogP contribution in [0.25, 0.3) is 0 Å². The number of aliphatic hydroxyl groups excluding tert-OH is 1. The molecule has 1 fully saturated rings. The van der Waals surface area contributed by atoms with E-state index in [1.54, 1.807) is 0 Å². The van der Waals surface area contributed by atoms with Crippen molar-refractivity contribution in [3.05, 3.63) is 12.3 Å². The molecule has 0 aromatic rings. The quantitative estimate of drug-likeness (QED) is 0.786. The zero-order chi connectivity index (χ0) is 15.4. The topological polar surface area (TPSA) is 63.9 Å². The maximum Gasteiger partial charge on any atom is 0.154 e. The lowest BCUT2D eigenvalue weighted by Crippen LogP contribution is -2.50. The van der Waals surface area contributed by atoms with Crippen LogP contribution in [0.2, 0.25) is 0 Å². The first-order valence-electron chi connectivity index (χ1n) is 7.30. The maximum atomic E-state index is 9.18. The van der Waals surface area contributed by atoms with Gasteiger partial charge in [0.15, 0.2) is 5.84 Å². The van der Waals surface area contributed by atoms with E-state index in [1.807, 2.05) is 30.8 Å². The Morgan fingerprint density at radius 1 is 1.38 bits per heavy atom. The zero-order valence-corrected chi connectivity index (χ0v) is 13.1. The number of nitrogens with zero attached hydrogens (tertiary/aromatic N) is 5. The molecular weight excluding hydrogens is 270 g/mol. The number of β-amino-alcohol motifs (C(OH)–C–C–N with tert-alkyl or cyclic N) is 1. The molecule has 2 heterocycles. The zero-order valence-electron chi connectivity index (χ0n) is 13.1. The highest BCUT2D eigenvalue weighted by atomic mass is 16.5. The van der Waals surface area contributed by atoms with E-state index in [9.17, 15) is 5.11 Å². The third kappa shape index (κ3) is 3.54. The van der Waals surface area contributed by atoms with Crippen molar-refractivity contribution in [3.8, 4) is 0 Å². The summed E-state index contributed by atoms with van der Waals surface area (Å²) in [6.07, 6.45) is 0.00569. The molecule has 2 rings (SSSR count). The predicted octanol–water partition coefficient (Wildman–Crippen LogP) is 0.150. The van der Waals surface area contributed by atoms with Gasteiger partial charge in [0.25, 0.3) is 0 Å².